The summed E-state index contributed by atoms with van der Waals surface area (Å²) in [5.41, 5.74) is 8.22. The fourth-order valence-electron chi connectivity index (χ4n) is 1.76. The highest BCUT2D eigenvalue weighted by molar-refractivity contribution is 5.20. The van der Waals surface area contributed by atoms with Crippen LogP contribution in [0.5, 0.6) is 5.88 Å². The van der Waals surface area contributed by atoms with Crippen molar-refractivity contribution in [3.05, 3.63) is 41.9 Å². The van der Waals surface area contributed by atoms with Crippen LogP contribution in [0.15, 0.2) is 30.6 Å². The lowest BCUT2D eigenvalue weighted by atomic mass is 10.1. The highest BCUT2D eigenvalue weighted by atomic mass is 16.5. The van der Waals surface area contributed by atoms with Crippen molar-refractivity contribution in [2.45, 2.75) is 12.5 Å². The van der Waals surface area contributed by atoms with E-state index >= 15 is 0 Å². The number of pyridine rings is 1. The van der Waals surface area contributed by atoms with Gasteiger partial charge in [0.25, 0.3) is 0 Å². The zero-order chi connectivity index (χ0) is 12.3. The van der Waals surface area contributed by atoms with Crippen LogP contribution < -0.4 is 10.5 Å². The molecule has 0 spiro atoms. The summed E-state index contributed by atoms with van der Waals surface area (Å²) in [4.78, 5) is 4.15. The van der Waals surface area contributed by atoms with Crippen LogP contribution in [-0.2, 0) is 13.5 Å². The molecule has 0 aromatic carbocycles. The second kappa shape index (κ2) is 4.97. The van der Waals surface area contributed by atoms with Crippen molar-refractivity contribution in [2.24, 2.45) is 12.8 Å². The minimum atomic E-state index is -0.0716. The standard InChI is InChI=1S/C12H16N4O/c1-16-11(5-6-15-16)10(13)7-9-3-4-12(17-2)14-8-9/h3-6,8,10H,7,13H2,1-2H3. The molecular formula is C12H16N4O. The number of ether oxygens (including phenoxy) is 1. The Morgan fingerprint density at radius 1 is 1.41 bits per heavy atom. The molecule has 2 aromatic rings. The molecule has 0 fully saturated rings. The molecule has 1 atom stereocenters. The molecule has 2 rings (SSSR count). The number of aryl methyl sites for hydroxylation is 1. The van der Waals surface area contributed by atoms with Gasteiger partial charge in [0.1, 0.15) is 0 Å². The van der Waals surface area contributed by atoms with Crippen LogP contribution in [-0.4, -0.2) is 21.9 Å². The number of rotatable bonds is 4. The number of hydrogen-bond acceptors (Lipinski definition) is 4. The first-order valence-electron chi connectivity index (χ1n) is 5.43. The number of nitrogens with zero attached hydrogens (tertiary/aromatic N) is 3. The average molecular weight is 232 g/mol. The van der Waals surface area contributed by atoms with Crippen molar-refractivity contribution in [3.63, 3.8) is 0 Å². The zero-order valence-corrected chi connectivity index (χ0v) is 10.00. The van der Waals surface area contributed by atoms with E-state index in [9.17, 15) is 0 Å². The zero-order valence-electron chi connectivity index (χ0n) is 10.00. The minimum absolute atomic E-state index is 0.0716. The summed E-state index contributed by atoms with van der Waals surface area (Å²) in [6.07, 6.45) is 4.27. The number of hydrogen-bond donors (Lipinski definition) is 1. The first kappa shape index (κ1) is 11.6. The Labute approximate surface area is 100 Å². The lowest BCUT2D eigenvalue weighted by molar-refractivity contribution is 0.397. The Balaban J connectivity index is 2.07. The van der Waals surface area contributed by atoms with Crippen LogP contribution in [0.4, 0.5) is 0 Å². The first-order chi connectivity index (χ1) is 8.20. The molecule has 0 aliphatic heterocycles. The van der Waals surface area contributed by atoms with Crippen molar-refractivity contribution in [3.8, 4) is 5.88 Å². The van der Waals surface area contributed by atoms with Gasteiger partial charge in [-0.3, -0.25) is 4.68 Å². The van der Waals surface area contributed by atoms with Gasteiger partial charge in [0.05, 0.1) is 18.8 Å². The molecule has 0 saturated heterocycles. The van der Waals surface area contributed by atoms with Gasteiger partial charge in [0.2, 0.25) is 5.88 Å². The summed E-state index contributed by atoms with van der Waals surface area (Å²) in [6.45, 7) is 0. The Kier molecular flexibility index (Phi) is 3.39. The van der Waals surface area contributed by atoms with Gasteiger partial charge in [-0.2, -0.15) is 5.10 Å². The van der Waals surface area contributed by atoms with E-state index in [-0.39, 0.29) is 6.04 Å². The van der Waals surface area contributed by atoms with Gasteiger partial charge in [-0.05, 0) is 18.1 Å². The normalized spacial score (nSPS) is 12.4. The monoisotopic (exact) mass is 232 g/mol. The molecule has 2 heterocycles. The first-order valence-corrected chi connectivity index (χ1v) is 5.43. The van der Waals surface area contributed by atoms with Gasteiger partial charge in [0.15, 0.2) is 0 Å². The minimum Gasteiger partial charge on any atom is -0.481 e. The van der Waals surface area contributed by atoms with Crippen molar-refractivity contribution < 1.29 is 4.74 Å². The van der Waals surface area contributed by atoms with Crippen LogP contribution in [0.3, 0.4) is 0 Å². The topological polar surface area (TPSA) is 66.0 Å². The Morgan fingerprint density at radius 3 is 2.76 bits per heavy atom. The molecule has 0 bridgehead atoms. The second-order valence-electron chi connectivity index (χ2n) is 3.90. The number of aromatic nitrogens is 3. The Bertz CT molecular complexity index is 478. The third kappa shape index (κ3) is 2.62. The molecular weight excluding hydrogens is 216 g/mol. The second-order valence-corrected chi connectivity index (χ2v) is 3.90. The van der Waals surface area contributed by atoms with E-state index in [1.165, 1.54) is 0 Å². The molecule has 0 radical (unpaired) electrons. The van der Waals surface area contributed by atoms with Gasteiger partial charge >= 0.3 is 0 Å². The van der Waals surface area contributed by atoms with E-state index in [1.807, 2.05) is 25.2 Å². The lowest BCUT2D eigenvalue weighted by Gasteiger charge is -2.12. The van der Waals surface area contributed by atoms with Crippen molar-refractivity contribution in [2.75, 3.05) is 7.11 Å². The summed E-state index contributed by atoms with van der Waals surface area (Å²) >= 11 is 0. The van der Waals surface area contributed by atoms with E-state index < -0.39 is 0 Å². The maximum absolute atomic E-state index is 6.12. The molecule has 5 heteroatoms. The van der Waals surface area contributed by atoms with E-state index in [1.54, 1.807) is 24.2 Å². The van der Waals surface area contributed by atoms with Crippen LogP contribution in [0, 0.1) is 0 Å². The van der Waals surface area contributed by atoms with Crippen molar-refractivity contribution >= 4 is 0 Å². The number of nitrogens with two attached hydrogens (primary N) is 1. The molecule has 17 heavy (non-hydrogen) atoms. The Morgan fingerprint density at radius 2 is 2.24 bits per heavy atom. The molecule has 2 N–H and O–H groups in total. The van der Waals surface area contributed by atoms with E-state index in [0.29, 0.717) is 5.88 Å². The van der Waals surface area contributed by atoms with Crippen LogP contribution in [0.1, 0.15) is 17.3 Å². The van der Waals surface area contributed by atoms with Gasteiger partial charge in [-0.1, -0.05) is 6.07 Å². The Hall–Kier alpha value is -1.88. The summed E-state index contributed by atoms with van der Waals surface area (Å²) in [5.74, 6) is 0.614. The summed E-state index contributed by atoms with van der Waals surface area (Å²) in [7, 11) is 3.49. The smallest absolute Gasteiger partial charge is 0.212 e. The van der Waals surface area contributed by atoms with Crippen molar-refractivity contribution in [1.29, 1.82) is 0 Å². The molecule has 0 aliphatic rings. The van der Waals surface area contributed by atoms with Crippen LogP contribution in [0.25, 0.3) is 0 Å². The predicted molar refractivity (Wildman–Crippen MR) is 64.6 cm³/mol. The molecule has 1 unspecified atom stereocenters. The van der Waals surface area contributed by atoms with Gasteiger partial charge in [-0.15, -0.1) is 0 Å². The third-order valence-corrected chi connectivity index (χ3v) is 2.70. The summed E-state index contributed by atoms with van der Waals surface area (Å²) < 4.78 is 6.80. The third-order valence-electron chi connectivity index (χ3n) is 2.70. The van der Waals surface area contributed by atoms with Gasteiger partial charge in [0, 0.05) is 25.5 Å². The maximum Gasteiger partial charge on any atom is 0.212 e. The molecule has 90 valence electrons. The van der Waals surface area contributed by atoms with Gasteiger partial charge in [-0.25, -0.2) is 4.98 Å². The highest BCUT2D eigenvalue weighted by Gasteiger charge is 2.10. The molecule has 0 amide bonds. The van der Waals surface area contributed by atoms with Crippen LogP contribution >= 0.6 is 0 Å². The highest BCUT2D eigenvalue weighted by Crippen LogP contribution is 2.16. The summed E-state index contributed by atoms with van der Waals surface area (Å²) in [5, 5.41) is 4.11. The predicted octanol–water partition coefficient (Wildman–Crippen LogP) is 1.07. The fourth-order valence-corrected chi connectivity index (χ4v) is 1.76. The SMILES string of the molecule is COc1ccc(CC(N)c2ccnn2C)cn1. The van der Waals surface area contributed by atoms with E-state index in [2.05, 4.69) is 10.1 Å². The van der Waals surface area contributed by atoms with Gasteiger partial charge < -0.3 is 10.5 Å². The van der Waals surface area contributed by atoms with Crippen LogP contribution in [0.2, 0.25) is 0 Å². The maximum atomic E-state index is 6.12. The molecule has 0 aliphatic carbocycles. The molecule has 0 saturated carbocycles. The van der Waals surface area contributed by atoms with Crippen molar-refractivity contribution in [1.82, 2.24) is 14.8 Å². The lowest BCUT2D eigenvalue weighted by Crippen LogP contribution is -2.17. The quantitative estimate of drug-likeness (QED) is 0.856. The molecule has 5 nitrogen and oxygen atoms in total. The number of methoxy groups -OCH3 is 1. The summed E-state index contributed by atoms with van der Waals surface area (Å²) in [6, 6.07) is 5.67. The van der Waals surface area contributed by atoms with E-state index in [4.69, 9.17) is 10.5 Å². The molecule has 2 aromatic heterocycles. The fraction of sp³-hybridized carbons (Fsp3) is 0.333. The average Bonchev–Trinajstić information content (AvgIpc) is 2.76. The van der Waals surface area contributed by atoms with E-state index in [0.717, 1.165) is 17.7 Å². The largest absolute Gasteiger partial charge is 0.481 e.